The second-order valence-electron chi connectivity index (χ2n) is 5.01. The van der Waals surface area contributed by atoms with Crippen LogP contribution < -0.4 is 0 Å². The average molecular weight is 341 g/mol. The Morgan fingerprint density at radius 2 is 2.25 bits per heavy atom. The molecule has 0 radical (unpaired) electrons. The van der Waals surface area contributed by atoms with E-state index in [2.05, 4.69) is 20.9 Å². The Morgan fingerprint density at radius 3 is 2.80 bits per heavy atom. The minimum Gasteiger partial charge on any atom is -0.479 e. The van der Waals surface area contributed by atoms with Crippen LogP contribution in [0.4, 0.5) is 0 Å². The Hall–Kier alpha value is -1.43. The highest BCUT2D eigenvalue weighted by molar-refractivity contribution is 9.10. The van der Waals surface area contributed by atoms with E-state index in [1.807, 2.05) is 6.92 Å². The summed E-state index contributed by atoms with van der Waals surface area (Å²) in [4.78, 5) is 29.8. The van der Waals surface area contributed by atoms with E-state index >= 15 is 0 Å². The monoisotopic (exact) mass is 340 g/mol. The lowest BCUT2D eigenvalue weighted by molar-refractivity contribution is -0.148. The first-order valence-corrected chi connectivity index (χ1v) is 7.47. The van der Waals surface area contributed by atoms with E-state index in [1.54, 1.807) is 18.3 Å². The SMILES string of the molecule is CCCC1(C(=O)O)CCCN1C(=O)c1ccc(Br)cn1. The fourth-order valence-electron chi connectivity index (χ4n) is 2.82. The van der Waals surface area contributed by atoms with Crippen molar-refractivity contribution in [3.8, 4) is 0 Å². The van der Waals surface area contributed by atoms with Gasteiger partial charge in [-0.05, 0) is 47.3 Å². The zero-order valence-electron chi connectivity index (χ0n) is 11.3. The largest absolute Gasteiger partial charge is 0.479 e. The molecule has 6 heteroatoms. The molecule has 1 N–H and O–H groups in total. The Bertz CT molecular complexity index is 518. The number of likely N-dealkylation sites (tertiary alicyclic amines) is 1. The van der Waals surface area contributed by atoms with Gasteiger partial charge in [0.15, 0.2) is 0 Å². The van der Waals surface area contributed by atoms with E-state index in [1.165, 1.54) is 4.90 Å². The van der Waals surface area contributed by atoms with E-state index in [0.29, 0.717) is 25.8 Å². The molecule has 1 aliphatic rings. The van der Waals surface area contributed by atoms with Crippen molar-refractivity contribution in [1.82, 2.24) is 9.88 Å². The average Bonchev–Trinajstić information content (AvgIpc) is 2.84. The summed E-state index contributed by atoms with van der Waals surface area (Å²) in [5.74, 6) is -1.21. The first-order valence-electron chi connectivity index (χ1n) is 6.68. The fraction of sp³-hybridized carbons (Fsp3) is 0.500. The van der Waals surface area contributed by atoms with Gasteiger partial charge in [-0.3, -0.25) is 4.79 Å². The summed E-state index contributed by atoms with van der Waals surface area (Å²) in [6.07, 6.45) is 3.98. The lowest BCUT2D eigenvalue weighted by Gasteiger charge is -2.34. The second kappa shape index (κ2) is 5.91. The number of pyridine rings is 1. The van der Waals surface area contributed by atoms with Crippen molar-refractivity contribution >= 4 is 27.8 Å². The molecular weight excluding hydrogens is 324 g/mol. The Kier molecular flexibility index (Phi) is 4.42. The van der Waals surface area contributed by atoms with Gasteiger partial charge < -0.3 is 10.0 Å². The molecule has 1 fully saturated rings. The van der Waals surface area contributed by atoms with Gasteiger partial charge in [-0.1, -0.05) is 13.3 Å². The third-order valence-electron chi connectivity index (χ3n) is 3.74. The third-order valence-corrected chi connectivity index (χ3v) is 4.21. The van der Waals surface area contributed by atoms with Gasteiger partial charge >= 0.3 is 5.97 Å². The van der Waals surface area contributed by atoms with Crippen LogP contribution in [0, 0.1) is 0 Å². The summed E-state index contributed by atoms with van der Waals surface area (Å²) in [5, 5.41) is 9.58. The van der Waals surface area contributed by atoms with Crippen LogP contribution in [0.2, 0.25) is 0 Å². The number of hydrogen-bond donors (Lipinski definition) is 1. The molecule has 5 nitrogen and oxygen atoms in total. The predicted molar refractivity (Wildman–Crippen MR) is 77.5 cm³/mol. The van der Waals surface area contributed by atoms with Crippen LogP contribution in [0.3, 0.4) is 0 Å². The van der Waals surface area contributed by atoms with Gasteiger partial charge in [0.25, 0.3) is 5.91 Å². The summed E-state index contributed by atoms with van der Waals surface area (Å²) >= 11 is 3.27. The number of carboxylic acids is 1. The van der Waals surface area contributed by atoms with Gasteiger partial charge in [0, 0.05) is 17.2 Å². The number of nitrogens with zero attached hydrogens (tertiary/aromatic N) is 2. The Balaban J connectivity index is 2.32. The summed E-state index contributed by atoms with van der Waals surface area (Å²) in [7, 11) is 0. The first kappa shape index (κ1) is 15.0. The maximum atomic E-state index is 12.5. The number of carbonyl (C=O) groups excluding carboxylic acids is 1. The van der Waals surface area contributed by atoms with Crippen LogP contribution >= 0.6 is 15.9 Å². The Labute approximate surface area is 126 Å². The van der Waals surface area contributed by atoms with Crippen molar-refractivity contribution in [1.29, 1.82) is 0 Å². The van der Waals surface area contributed by atoms with Crippen LogP contribution in [-0.2, 0) is 4.79 Å². The molecule has 1 amide bonds. The van der Waals surface area contributed by atoms with E-state index in [0.717, 1.165) is 10.9 Å². The van der Waals surface area contributed by atoms with Crippen molar-refractivity contribution in [2.45, 2.75) is 38.1 Å². The number of amides is 1. The van der Waals surface area contributed by atoms with Crippen molar-refractivity contribution in [3.05, 3.63) is 28.5 Å². The predicted octanol–water partition coefficient (Wildman–Crippen LogP) is 2.70. The van der Waals surface area contributed by atoms with E-state index in [9.17, 15) is 14.7 Å². The Morgan fingerprint density at radius 1 is 1.50 bits per heavy atom. The molecule has 0 spiro atoms. The zero-order chi connectivity index (χ0) is 14.8. The molecule has 0 aliphatic carbocycles. The smallest absolute Gasteiger partial charge is 0.329 e. The third kappa shape index (κ3) is 2.57. The summed E-state index contributed by atoms with van der Waals surface area (Å²) in [5.41, 5.74) is -0.780. The van der Waals surface area contributed by atoms with Gasteiger partial charge in [-0.15, -0.1) is 0 Å². The molecule has 20 heavy (non-hydrogen) atoms. The number of aliphatic carboxylic acids is 1. The summed E-state index contributed by atoms with van der Waals surface area (Å²) in [6.45, 7) is 2.41. The van der Waals surface area contributed by atoms with Crippen molar-refractivity contribution in [3.63, 3.8) is 0 Å². The molecule has 0 bridgehead atoms. The number of halogens is 1. The molecule has 1 unspecified atom stereocenters. The number of carboxylic acid groups (broad SMARTS) is 1. The second-order valence-corrected chi connectivity index (χ2v) is 5.92. The molecule has 0 saturated carbocycles. The highest BCUT2D eigenvalue weighted by atomic mass is 79.9. The van der Waals surface area contributed by atoms with Crippen LogP contribution in [0.5, 0.6) is 0 Å². The molecule has 1 saturated heterocycles. The number of aromatic nitrogens is 1. The van der Waals surface area contributed by atoms with Crippen LogP contribution in [0.15, 0.2) is 22.8 Å². The van der Waals surface area contributed by atoms with Crippen LogP contribution in [0.1, 0.15) is 43.1 Å². The fourth-order valence-corrected chi connectivity index (χ4v) is 3.05. The molecule has 2 heterocycles. The lowest BCUT2D eigenvalue weighted by Crippen LogP contribution is -2.53. The van der Waals surface area contributed by atoms with Gasteiger partial charge in [0.2, 0.25) is 0 Å². The van der Waals surface area contributed by atoms with Gasteiger partial charge in [0.05, 0.1) is 0 Å². The van der Waals surface area contributed by atoms with Crippen molar-refractivity contribution in [2.75, 3.05) is 6.54 Å². The van der Waals surface area contributed by atoms with E-state index in [-0.39, 0.29) is 11.6 Å². The molecule has 1 aliphatic heterocycles. The standard InChI is InChI=1S/C14H17BrN2O3/c1-2-6-14(13(19)20)7-3-8-17(14)12(18)11-5-4-10(15)9-16-11/h4-5,9H,2-3,6-8H2,1H3,(H,19,20). The molecular formula is C14H17BrN2O3. The normalized spacial score (nSPS) is 22.0. The van der Waals surface area contributed by atoms with Gasteiger partial charge in [-0.25, -0.2) is 9.78 Å². The minimum atomic E-state index is -1.07. The zero-order valence-corrected chi connectivity index (χ0v) is 12.9. The maximum absolute atomic E-state index is 12.5. The quantitative estimate of drug-likeness (QED) is 0.914. The topological polar surface area (TPSA) is 70.5 Å². The van der Waals surface area contributed by atoms with Crippen LogP contribution in [-0.4, -0.2) is 39.0 Å². The first-order chi connectivity index (χ1) is 9.51. The summed E-state index contributed by atoms with van der Waals surface area (Å²) < 4.78 is 0.786. The minimum absolute atomic E-state index is 0.289. The van der Waals surface area contributed by atoms with Gasteiger partial charge in [0.1, 0.15) is 11.2 Å². The van der Waals surface area contributed by atoms with E-state index < -0.39 is 11.5 Å². The number of hydrogen-bond acceptors (Lipinski definition) is 3. The maximum Gasteiger partial charge on any atom is 0.329 e. The number of rotatable bonds is 4. The van der Waals surface area contributed by atoms with E-state index in [4.69, 9.17) is 0 Å². The molecule has 108 valence electrons. The molecule has 2 rings (SSSR count). The van der Waals surface area contributed by atoms with Gasteiger partial charge in [-0.2, -0.15) is 0 Å². The van der Waals surface area contributed by atoms with Crippen molar-refractivity contribution < 1.29 is 14.7 Å². The summed E-state index contributed by atoms with van der Waals surface area (Å²) in [6, 6.07) is 3.35. The van der Waals surface area contributed by atoms with Crippen LogP contribution in [0.25, 0.3) is 0 Å². The molecule has 0 aromatic carbocycles. The molecule has 1 atom stereocenters. The number of carbonyl (C=O) groups is 2. The molecule has 1 aromatic heterocycles. The molecule has 1 aromatic rings. The van der Waals surface area contributed by atoms with Crippen molar-refractivity contribution in [2.24, 2.45) is 0 Å². The highest BCUT2D eigenvalue weighted by Crippen LogP contribution is 2.35. The lowest BCUT2D eigenvalue weighted by atomic mass is 9.90. The highest BCUT2D eigenvalue weighted by Gasteiger charge is 2.49.